The number of halogens is 2. The van der Waals surface area contributed by atoms with Crippen LogP contribution in [0, 0.1) is 11.2 Å². The van der Waals surface area contributed by atoms with Crippen molar-refractivity contribution < 1.29 is 32.6 Å². The van der Waals surface area contributed by atoms with Crippen molar-refractivity contribution in [1.29, 1.82) is 0 Å². The fourth-order valence-electron chi connectivity index (χ4n) is 4.11. The summed E-state index contributed by atoms with van der Waals surface area (Å²) in [7, 11) is -3.44. The maximum Gasteiger partial charge on any atom is 0.316 e. The first-order valence-electron chi connectivity index (χ1n) is 11.0. The van der Waals surface area contributed by atoms with Gasteiger partial charge in [-0.05, 0) is 45.8 Å². The normalized spacial score (nSPS) is 14.0. The summed E-state index contributed by atoms with van der Waals surface area (Å²) in [6.45, 7) is 3.07. The number of ether oxygens (including phenoxy) is 1. The molecule has 0 spiro atoms. The molecule has 6 nitrogen and oxygen atoms in total. The van der Waals surface area contributed by atoms with E-state index in [-0.39, 0.29) is 41.2 Å². The Labute approximate surface area is 209 Å². The Balaban J connectivity index is 2.26. The van der Waals surface area contributed by atoms with Crippen molar-refractivity contribution in [3.05, 3.63) is 69.9 Å². The van der Waals surface area contributed by atoms with Crippen LogP contribution < -0.4 is 0 Å². The van der Waals surface area contributed by atoms with Crippen LogP contribution in [-0.4, -0.2) is 49.3 Å². The maximum absolute atomic E-state index is 15.1. The zero-order valence-corrected chi connectivity index (χ0v) is 21.9. The van der Waals surface area contributed by atoms with Gasteiger partial charge in [-0.1, -0.05) is 62.7 Å². The smallest absolute Gasteiger partial charge is 0.316 e. The third-order valence-corrected chi connectivity index (χ3v) is 8.44. The van der Waals surface area contributed by atoms with Gasteiger partial charge in [0.25, 0.3) is 0 Å². The number of hydrogen-bond donors (Lipinski definition) is 2. The topological polar surface area (TPSA) is 101 Å². The number of carboxylic acids is 1. The summed E-state index contributed by atoms with van der Waals surface area (Å²) in [4.78, 5) is 12.6. The van der Waals surface area contributed by atoms with Crippen LogP contribution >= 0.6 is 15.9 Å². The fraction of sp³-hybridized carbons (Fsp3) is 0.480. The molecular weight excluding hydrogens is 527 g/mol. The number of carboxylic acid groups (broad SMARTS) is 1. The van der Waals surface area contributed by atoms with Gasteiger partial charge in [0, 0.05) is 5.56 Å². The second kappa shape index (κ2) is 12.2. The van der Waals surface area contributed by atoms with Gasteiger partial charge in [-0.2, -0.15) is 0 Å². The largest absolute Gasteiger partial charge is 0.481 e. The van der Waals surface area contributed by atoms with E-state index < -0.39 is 39.1 Å². The predicted molar refractivity (Wildman–Crippen MR) is 133 cm³/mol. The average Bonchev–Trinajstić information content (AvgIpc) is 2.74. The summed E-state index contributed by atoms with van der Waals surface area (Å²) >= 11 is 3.14. The SMILES string of the molecule is CC(C)(CCCC(COCc1ccccc1)(C(=O)O)c1cccc(Br)c1F)CS(=O)(=O)CCO. The van der Waals surface area contributed by atoms with E-state index in [0.29, 0.717) is 12.8 Å². The van der Waals surface area contributed by atoms with Crippen LogP contribution in [0.25, 0.3) is 0 Å². The number of aliphatic hydroxyl groups is 1. The van der Waals surface area contributed by atoms with Crippen molar-refractivity contribution in [2.75, 3.05) is 24.7 Å². The van der Waals surface area contributed by atoms with Crippen molar-refractivity contribution in [3.8, 4) is 0 Å². The Morgan fingerprint density at radius 2 is 1.76 bits per heavy atom. The van der Waals surface area contributed by atoms with E-state index in [1.807, 2.05) is 30.3 Å². The summed E-state index contributed by atoms with van der Waals surface area (Å²) in [5.74, 6) is -2.30. The molecule has 2 aromatic carbocycles. The Morgan fingerprint density at radius 1 is 1.09 bits per heavy atom. The molecule has 0 bridgehead atoms. The molecule has 0 aliphatic carbocycles. The zero-order valence-electron chi connectivity index (χ0n) is 19.5. The Bertz CT molecular complexity index is 1060. The molecule has 2 aromatic rings. The Hall–Kier alpha value is -1.81. The van der Waals surface area contributed by atoms with Crippen LogP contribution in [0.1, 0.15) is 44.2 Å². The van der Waals surface area contributed by atoms with E-state index in [1.54, 1.807) is 19.9 Å². The number of aliphatic hydroxyl groups excluding tert-OH is 1. The molecule has 0 aliphatic rings. The van der Waals surface area contributed by atoms with Gasteiger partial charge in [0.05, 0.1) is 35.8 Å². The molecule has 0 aromatic heterocycles. The molecule has 34 heavy (non-hydrogen) atoms. The number of benzene rings is 2. The predicted octanol–water partition coefficient (Wildman–Crippen LogP) is 4.73. The van der Waals surface area contributed by atoms with Gasteiger partial charge in [-0.3, -0.25) is 4.79 Å². The van der Waals surface area contributed by atoms with Crippen LogP contribution in [-0.2, 0) is 31.4 Å². The Kier molecular flexibility index (Phi) is 10.2. The van der Waals surface area contributed by atoms with E-state index in [0.717, 1.165) is 5.56 Å². The van der Waals surface area contributed by atoms with E-state index in [4.69, 9.17) is 9.84 Å². The highest BCUT2D eigenvalue weighted by atomic mass is 79.9. The maximum atomic E-state index is 15.1. The monoisotopic (exact) mass is 558 g/mol. The average molecular weight is 559 g/mol. The number of sulfone groups is 1. The van der Waals surface area contributed by atoms with Gasteiger partial charge < -0.3 is 14.9 Å². The van der Waals surface area contributed by atoms with Gasteiger partial charge in [0.2, 0.25) is 0 Å². The minimum atomic E-state index is -3.44. The van der Waals surface area contributed by atoms with E-state index >= 15 is 4.39 Å². The molecule has 0 amide bonds. The van der Waals surface area contributed by atoms with Crippen molar-refractivity contribution in [2.24, 2.45) is 5.41 Å². The molecular formula is C25H32BrFO6S. The molecule has 188 valence electrons. The number of carbonyl (C=O) groups is 1. The lowest BCUT2D eigenvalue weighted by Gasteiger charge is -2.32. The van der Waals surface area contributed by atoms with Gasteiger partial charge >= 0.3 is 5.97 Å². The summed E-state index contributed by atoms with van der Waals surface area (Å²) in [6, 6.07) is 13.8. The summed E-state index contributed by atoms with van der Waals surface area (Å²) in [5.41, 5.74) is -1.40. The standard InChI is InChI=1S/C25H32BrFO6S/c1-24(2,18-34(31,32)15-14-28)12-7-13-25(23(29)30,20-10-6-11-21(26)22(20)27)17-33-16-19-8-4-3-5-9-19/h3-6,8-11,28H,7,12-18H2,1-2H3,(H,29,30). The minimum absolute atomic E-state index is 0.0214. The first-order chi connectivity index (χ1) is 15.9. The van der Waals surface area contributed by atoms with Crippen LogP contribution in [0.15, 0.2) is 53.0 Å². The van der Waals surface area contributed by atoms with E-state index in [9.17, 15) is 18.3 Å². The minimum Gasteiger partial charge on any atom is -0.481 e. The molecule has 0 saturated carbocycles. The van der Waals surface area contributed by atoms with Crippen LogP contribution in [0.4, 0.5) is 4.39 Å². The highest BCUT2D eigenvalue weighted by Crippen LogP contribution is 2.37. The number of rotatable bonds is 14. The summed E-state index contributed by atoms with van der Waals surface area (Å²) in [5, 5.41) is 19.3. The van der Waals surface area contributed by atoms with Crippen LogP contribution in [0.5, 0.6) is 0 Å². The molecule has 0 radical (unpaired) electrons. The molecule has 2 N–H and O–H groups in total. The molecule has 0 heterocycles. The van der Waals surface area contributed by atoms with Gasteiger partial charge in [-0.15, -0.1) is 0 Å². The summed E-state index contributed by atoms with van der Waals surface area (Å²) in [6.07, 6.45) is 0.809. The zero-order chi connectivity index (χ0) is 25.4. The molecule has 0 saturated heterocycles. The molecule has 1 atom stereocenters. The first-order valence-corrected chi connectivity index (χ1v) is 13.6. The number of hydrogen-bond acceptors (Lipinski definition) is 5. The fourth-order valence-corrected chi connectivity index (χ4v) is 6.23. The Morgan fingerprint density at radius 3 is 2.38 bits per heavy atom. The van der Waals surface area contributed by atoms with Gasteiger partial charge in [0.1, 0.15) is 11.2 Å². The van der Waals surface area contributed by atoms with E-state index in [1.165, 1.54) is 12.1 Å². The third kappa shape index (κ3) is 7.86. The highest BCUT2D eigenvalue weighted by Gasteiger charge is 2.43. The quantitative estimate of drug-likeness (QED) is 0.347. The lowest BCUT2D eigenvalue weighted by atomic mass is 9.75. The molecule has 1 unspecified atom stereocenters. The van der Waals surface area contributed by atoms with Crippen LogP contribution in [0.3, 0.4) is 0 Å². The van der Waals surface area contributed by atoms with Crippen LogP contribution in [0.2, 0.25) is 0 Å². The molecule has 2 rings (SSSR count). The molecule has 9 heteroatoms. The second-order valence-electron chi connectivity index (χ2n) is 9.30. The van der Waals surface area contributed by atoms with Crippen molar-refractivity contribution >= 4 is 31.7 Å². The van der Waals surface area contributed by atoms with E-state index in [2.05, 4.69) is 15.9 Å². The lowest BCUT2D eigenvalue weighted by Crippen LogP contribution is -2.42. The molecule has 0 fully saturated rings. The molecule has 0 aliphatic heterocycles. The second-order valence-corrected chi connectivity index (χ2v) is 12.3. The number of aliphatic carboxylic acids is 1. The lowest BCUT2D eigenvalue weighted by molar-refractivity contribution is -0.147. The van der Waals surface area contributed by atoms with Crippen molar-refractivity contribution in [3.63, 3.8) is 0 Å². The van der Waals surface area contributed by atoms with Crippen molar-refractivity contribution in [1.82, 2.24) is 0 Å². The van der Waals surface area contributed by atoms with Crippen molar-refractivity contribution in [2.45, 2.75) is 45.1 Å². The van der Waals surface area contributed by atoms with Gasteiger partial charge in [-0.25, -0.2) is 12.8 Å². The highest BCUT2D eigenvalue weighted by molar-refractivity contribution is 9.10. The third-order valence-electron chi connectivity index (χ3n) is 5.81. The summed E-state index contributed by atoms with van der Waals surface area (Å²) < 4.78 is 45.4. The first kappa shape index (κ1) is 28.4. The van der Waals surface area contributed by atoms with Gasteiger partial charge in [0.15, 0.2) is 9.84 Å².